The fourth-order valence-electron chi connectivity index (χ4n) is 11.2. The fourth-order valence-corrected chi connectivity index (χ4v) is 11.2. The van der Waals surface area contributed by atoms with Gasteiger partial charge in [-0.25, -0.2) is 0 Å². The first-order valence-electron chi connectivity index (χ1n) is 27.2. The third-order valence-corrected chi connectivity index (χ3v) is 15.7. The highest BCUT2D eigenvalue weighted by Crippen LogP contribution is 2.35. The Hall–Kier alpha value is -5.63. The van der Waals surface area contributed by atoms with E-state index in [1.807, 2.05) is 90.1 Å². The maximum atomic E-state index is 14.7. The van der Waals surface area contributed by atoms with Crippen LogP contribution in [0.1, 0.15) is 148 Å². The molecule has 0 radical (unpaired) electrons. The van der Waals surface area contributed by atoms with Gasteiger partial charge < -0.3 is 52.3 Å². The second-order valence-electron chi connectivity index (χ2n) is 23.7. The van der Waals surface area contributed by atoms with Crippen molar-refractivity contribution in [2.45, 2.75) is 187 Å². The summed E-state index contributed by atoms with van der Waals surface area (Å²) >= 11 is 0. The Balaban J connectivity index is 0.00000656. The molecule has 0 aromatic heterocycles. The minimum absolute atomic E-state index is 0. The van der Waals surface area contributed by atoms with Crippen LogP contribution >= 0.6 is 24.8 Å². The average molecular weight is 1130 g/mol. The zero-order chi connectivity index (χ0) is 55.8. The average Bonchev–Trinajstić information content (AvgIpc) is 4.01. The van der Waals surface area contributed by atoms with E-state index in [9.17, 15) is 43.2 Å². The maximum Gasteiger partial charge on any atom is 0.246 e. The molecule has 2 aromatic carbocycles. The first-order chi connectivity index (χ1) is 35.8. The van der Waals surface area contributed by atoms with E-state index < -0.39 is 113 Å². The fraction of sp³-hybridized carbons (Fsp3) is 0.632. The van der Waals surface area contributed by atoms with Crippen molar-refractivity contribution in [2.75, 3.05) is 27.2 Å². The van der Waals surface area contributed by atoms with Crippen molar-refractivity contribution >= 4 is 77.9 Å². The lowest BCUT2D eigenvalue weighted by Crippen LogP contribution is -2.59. The quantitative estimate of drug-likeness (QED) is 0.101. The number of ketones is 1. The molecule has 0 spiro atoms. The zero-order valence-electron chi connectivity index (χ0n) is 47.3. The molecule has 8 N–H and O–H groups in total. The van der Waals surface area contributed by atoms with E-state index >= 15 is 0 Å². The first-order valence-corrected chi connectivity index (χ1v) is 27.2. The van der Waals surface area contributed by atoms with E-state index in [0.29, 0.717) is 12.8 Å². The van der Waals surface area contributed by atoms with E-state index in [1.54, 1.807) is 27.9 Å². The summed E-state index contributed by atoms with van der Waals surface area (Å²) in [6.07, 6.45) is 4.51. The smallest absolute Gasteiger partial charge is 0.246 e. The Bertz CT molecular complexity index is 2500. The summed E-state index contributed by atoms with van der Waals surface area (Å²) < 4.78 is 0. The van der Waals surface area contributed by atoms with Gasteiger partial charge in [-0.05, 0) is 118 Å². The number of Topliss-reactive ketones (excluding diaryl/α,β-unsaturated/α-hetero) is 1. The van der Waals surface area contributed by atoms with E-state index in [-0.39, 0.29) is 81.1 Å². The van der Waals surface area contributed by atoms with Crippen LogP contribution in [0.2, 0.25) is 0 Å². The van der Waals surface area contributed by atoms with Gasteiger partial charge in [-0.15, -0.1) is 24.8 Å². The third kappa shape index (κ3) is 16.2. The van der Waals surface area contributed by atoms with Crippen molar-refractivity contribution in [1.82, 2.24) is 52.3 Å². The Labute approximate surface area is 473 Å². The summed E-state index contributed by atoms with van der Waals surface area (Å²) in [5.41, 5.74) is 2.76. The summed E-state index contributed by atoms with van der Waals surface area (Å²) in [6, 6.07) is 7.87. The summed E-state index contributed by atoms with van der Waals surface area (Å²) in [7, 11) is 3.28. The lowest BCUT2D eigenvalue weighted by atomic mass is 9.85. The molecule has 11 atom stereocenters. The Kier molecular flexibility index (Phi) is 23.3. The van der Waals surface area contributed by atoms with Crippen molar-refractivity contribution in [3.63, 3.8) is 0 Å². The van der Waals surface area contributed by atoms with E-state index in [4.69, 9.17) is 0 Å². The number of benzene rings is 2. The van der Waals surface area contributed by atoms with Crippen LogP contribution < -0.4 is 42.5 Å². The largest absolute Gasteiger partial charge is 0.350 e. The lowest BCUT2D eigenvalue weighted by Gasteiger charge is -2.36. The molecule has 2 heterocycles. The molecule has 0 bridgehead atoms. The number of carbonyl (C=O) groups is 9. The number of hydrogen-bond donors (Lipinski definition) is 8. The molecule has 6 rings (SSSR count). The molecule has 2 saturated heterocycles. The van der Waals surface area contributed by atoms with Crippen LogP contribution in [-0.2, 0) is 56.0 Å². The molecule has 78 heavy (non-hydrogen) atoms. The van der Waals surface area contributed by atoms with Crippen LogP contribution in [0.3, 0.4) is 0 Å². The van der Waals surface area contributed by atoms with Gasteiger partial charge in [0, 0.05) is 38.9 Å². The maximum absolute atomic E-state index is 14.7. The van der Waals surface area contributed by atoms with Gasteiger partial charge in [-0.3, -0.25) is 43.2 Å². The first kappa shape index (κ1) is 64.9. The predicted molar refractivity (Wildman–Crippen MR) is 302 cm³/mol. The van der Waals surface area contributed by atoms with Gasteiger partial charge in [0.2, 0.25) is 47.3 Å². The molecular weight excluding hydrogens is 1040 g/mol. The summed E-state index contributed by atoms with van der Waals surface area (Å²) in [5.74, 6) is -4.70. The Morgan fingerprint density at radius 2 is 1.03 bits per heavy atom. The zero-order valence-corrected chi connectivity index (χ0v) is 49.0. The minimum Gasteiger partial charge on any atom is -0.350 e. The van der Waals surface area contributed by atoms with Gasteiger partial charge >= 0.3 is 0 Å². The van der Waals surface area contributed by atoms with E-state index in [0.717, 1.165) is 47.9 Å². The number of hydrogen-bond acceptors (Lipinski definition) is 11. The molecular formula is C57H86Cl2N10O9. The summed E-state index contributed by atoms with van der Waals surface area (Å²) in [6.45, 7) is 15.5. The van der Waals surface area contributed by atoms with Gasteiger partial charge in [-0.1, -0.05) is 90.1 Å². The van der Waals surface area contributed by atoms with Gasteiger partial charge in [-0.2, -0.15) is 0 Å². The van der Waals surface area contributed by atoms with Gasteiger partial charge in [0.15, 0.2) is 0 Å². The number of amides is 8. The third-order valence-electron chi connectivity index (χ3n) is 15.7. The van der Waals surface area contributed by atoms with Crippen LogP contribution in [0.15, 0.2) is 48.5 Å². The lowest BCUT2D eigenvalue weighted by molar-refractivity contribution is -0.144. The summed E-state index contributed by atoms with van der Waals surface area (Å²) in [5, 5.41) is 23.6. The van der Waals surface area contributed by atoms with Crippen LogP contribution in [0, 0.1) is 16.7 Å². The highest BCUT2D eigenvalue weighted by Gasteiger charge is 2.48. The molecule has 2 aliphatic carbocycles. The molecule has 432 valence electrons. The van der Waals surface area contributed by atoms with Crippen LogP contribution in [0.4, 0.5) is 0 Å². The number of rotatable bonds is 19. The normalized spacial score (nSPS) is 22.7. The van der Waals surface area contributed by atoms with Crippen LogP contribution in [0.25, 0.3) is 0 Å². The van der Waals surface area contributed by atoms with E-state index in [2.05, 4.69) is 42.5 Å². The van der Waals surface area contributed by atoms with Crippen molar-refractivity contribution in [2.24, 2.45) is 16.7 Å². The second-order valence-corrected chi connectivity index (χ2v) is 23.7. The molecule has 19 nitrogen and oxygen atoms in total. The number of aryl methyl sites for hydroxylation is 2. The Morgan fingerprint density at radius 1 is 0.590 bits per heavy atom. The van der Waals surface area contributed by atoms with Crippen LogP contribution in [0.5, 0.6) is 0 Å². The second kappa shape index (κ2) is 28.0. The molecule has 2 fully saturated rings. The minimum atomic E-state index is -1.34. The molecule has 8 amide bonds. The number of likely N-dealkylation sites (N-methyl/N-ethyl adjacent to an activating group) is 2. The number of likely N-dealkylation sites (tertiary alicyclic amines) is 2. The predicted octanol–water partition coefficient (Wildman–Crippen LogP) is 3.65. The van der Waals surface area contributed by atoms with Crippen molar-refractivity contribution in [3.8, 4) is 0 Å². The topological polar surface area (TPSA) is 256 Å². The van der Waals surface area contributed by atoms with Crippen molar-refractivity contribution < 1.29 is 43.2 Å². The number of fused-ring (bicyclic) bond motifs is 2. The standard InChI is InChI=1S/C57H84N10O9.2ClH/c1-32(58-10)49(70)64-47(56(4,5)6)54(75)66-30-35(27-45(66)52(73)62-42-24-16-20-36-18-12-14-22-40(36)42)26-39(69)29-44(60-34(3)68)51(72)61-38-28-46(53(74)63-43-25-17-21-37-19-13-15-23-41(37)43)67(31-38)55(76)48(57(7,8)9)65-50(71)33(2)59-11;;/h12-15,18-19,22-23,32-33,35,38,42-48,58-59H,16-17,20-21,24-31H2,1-11H3,(H,60,68)(H,61,72)(H,62,73)(H,63,74)(H,64,70)(H,65,71);2*1H/t32-,33-,35-,38-,42+,43+,44-,45-,46-,47+,48+;;/m0../s1. The highest BCUT2D eigenvalue weighted by molar-refractivity contribution is 5.97. The van der Waals surface area contributed by atoms with Crippen molar-refractivity contribution in [3.05, 3.63) is 70.8 Å². The van der Waals surface area contributed by atoms with Gasteiger partial charge in [0.05, 0.1) is 24.2 Å². The van der Waals surface area contributed by atoms with E-state index in [1.165, 1.54) is 16.7 Å². The Morgan fingerprint density at radius 3 is 1.46 bits per heavy atom. The SMILES string of the molecule is CN[C@@H](C)C(=O)N[C@H](C(=O)N1C[C@@H](CC(=O)C[C@H](NC(C)=O)C(=O)N[C@H]2C[C@@H](C(=O)N[C@@H]3CCCc4ccccc43)N(C(=O)[C@@H](NC(=O)[C@H](C)NC)C(C)(C)C)C2)C[C@H]1C(=O)N[C@@H]1CCCc2ccccc21)C(C)(C)C.Cl.Cl. The molecule has 0 saturated carbocycles. The molecule has 4 aliphatic rings. The highest BCUT2D eigenvalue weighted by atomic mass is 35.5. The van der Waals surface area contributed by atoms with Gasteiger partial charge in [0.25, 0.3) is 0 Å². The van der Waals surface area contributed by atoms with Crippen molar-refractivity contribution in [1.29, 1.82) is 0 Å². The molecule has 2 aliphatic heterocycles. The molecule has 0 unspecified atom stereocenters. The number of nitrogens with zero attached hydrogens (tertiary/aromatic N) is 2. The monoisotopic (exact) mass is 1120 g/mol. The van der Waals surface area contributed by atoms with Crippen LogP contribution in [-0.4, -0.2) is 138 Å². The molecule has 2 aromatic rings. The number of halogens is 2. The molecule has 21 heteroatoms. The number of nitrogens with one attached hydrogen (secondary N) is 8. The summed E-state index contributed by atoms with van der Waals surface area (Å²) in [4.78, 5) is 129. The number of carbonyl (C=O) groups excluding carboxylic acids is 9. The van der Waals surface area contributed by atoms with Gasteiger partial charge in [0.1, 0.15) is 36.0 Å².